The first kappa shape index (κ1) is 21.7. The molecule has 7 nitrogen and oxygen atoms in total. The minimum Gasteiger partial charge on any atom is -0.416 e. The molecule has 174 valence electrons. The number of aliphatic hydroxyl groups is 1. The zero-order chi connectivity index (χ0) is 23.1. The molecule has 3 aromatic rings. The third-order valence-electron chi connectivity index (χ3n) is 7.82. The summed E-state index contributed by atoms with van der Waals surface area (Å²) in [7, 11) is 6.17. The normalized spacial score (nSPS) is 24.9. The van der Waals surface area contributed by atoms with Crippen molar-refractivity contribution in [2.75, 3.05) is 36.0 Å². The first-order valence-corrected chi connectivity index (χ1v) is 12.5. The van der Waals surface area contributed by atoms with E-state index in [1.807, 2.05) is 30.3 Å². The first-order valence-electron chi connectivity index (χ1n) is 12.5. The Bertz CT molecular complexity index is 1160. The second-order valence-electron chi connectivity index (χ2n) is 10.0. The Morgan fingerprint density at radius 1 is 0.912 bits per heavy atom. The van der Waals surface area contributed by atoms with Crippen LogP contribution in [0.1, 0.15) is 38.5 Å². The van der Waals surface area contributed by atoms with Crippen LogP contribution in [0.3, 0.4) is 0 Å². The zero-order valence-electron chi connectivity index (χ0n) is 19.4. The second-order valence-corrected chi connectivity index (χ2v) is 10.0. The molecule has 0 aliphatic carbocycles. The smallest absolute Gasteiger partial charge is 0.250 e. The number of pyridine rings is 1. The molecule has 7 rings (SSSR count). The van der Waals surface area contributed by atoms with E-state index in [0.717, 1.165) is 92.8 Å². The summed E-state index contributed by atoms with van der Waals surface area (Å²) in [6, 6.07) is 9.81. The Labute approximate surface area is 201 Å². The summed E-state index contributed by atoms with van der Waals surface area (Å²) >= 11 is 0. The number of aromatic nitrogens is 3. The van der Waals surface area contributed by atoms with Crippen molar-refractivity contribution in [1.82, 2.24) is 15.2 Å². The molecule has 2 saturated heterocycles. The molecule has 0 amide bonds. The van der Waals surface area contributed by atoms with Crippen LogP contribution in [0.15, 0.2) is 40.9 Å². The van der Waals surface area contributed by atoms with Crippen molar-refractivity contribution in [3.05, 3.63) is 36.5 Å². The lowest BCUT2D eigenvalue weighted by molar-refractivity contribution is 0.0814. The largest absolute Gasteiger partial charge is 0.416 e. The van der Waals surface area contributed by atoms with Crippen LogP contribution in [-0.2, 0) is 0 Å². The minimum absolute atomic E-state index is 0.262. The maximum absolute atomic E-state index is 11.0. The van der Waals surface area contributed by atoms with Gasteiger partial charge in [0.1, 0.15) is 13.7 Å². The quantitative estimate of drug-likeness (QED) is 0.522. The van der Waals surface area contributed by atoms with Gasteiger partial charge in [0.05, 0.1) is 11.7 Å². The molecule has 0 saturated carbocycles. The average molecular weight is 455 g/mol. The summed E-state index contributed by atoms with van der Waals surface area (Å²) in [6.07, 6.45) is 7.85. The van der Waals surface area contributed by atoms with Crippen molar-refractivity contribution in [2.24, 2.45) is 11.8 Å². The molecule has 0 spiro atoms. The summed E-state index contributed by atoms with van der Waals surface area (Å²) in [5, 5.41) is 19.8. The summed E-state index contributed by atoms with van der Waals surface area (Å²) in [4.78, 5) is 9.29. The van der Waals surface area contributed by atoms with E-state index in [0.29, 0.717) is 17.7 Å². The number of hydrogen-bond acceptors (Lipinski definition) is 7. The lowest BCUT2D eigenvalue weighted by Crippen LogP contribution is -2.41. The number of piperidine rings is 2. The Balaban J connectivity index is 1.41. The van der Waals surface area contributed by atoms with Gasteiger partial charge in [-0.05, 0) is 68.7 Å². The van der Waals surface area contributed by atoms with Gasteiger partial charge in [0, 0.05) is 49.5 Å². The van der Waals surface area contributed by atoms with Gasteiger partial charge in [-0.25, -0.2) is 4.98 Å². The number of fused-ring (bicyclic) bond motifs is 4. The lowest BCUT2D eigenvalue weighted by atomic mass is 9.85. The fraction of sp³-hybridized carbons (Fsp3) is 0.500. The summed E-state index contributed by atoms with van der Waals surface area (Å²) < 4.78 is 6.19. The van der Waals surface area contributed by atoms with E-state index in [-0.39, 0.29) is 12.0 Å². The van der Waals surface area contributed by atoms with E-state index < -0.39 is 0 Å². The van der Waals surface area contributed by atoms with Crippen molar-refractivity contribution >= 4 is 24.8 Å². The number of benzene rings is 1. The molecule has 1 N–H and O–H groups in total. The fourth-order valence-corrected chi connectivity index (χ4v) is 5.80. The SMILES string of the molecule is [B]c1ccc2c(c1)N1CCC(CCC(O)C3CCCN(C3)c3cc(ccn3)-c3nnc-2o3)CC1. The second kappa shape index (κ2) is 9.06. The molecular weight excluding hydrogens is 425 g/mol. The predicted octanol–water partition coefficient (Wildman–Crippen LogP) is 3.18. The molecular formula is C26H30BN5O2. The summed E-state index contributed by atoms with van der Waals surface area (Å²) in [5.41, 5.74) is 3.54. The maximum Gasteiger partial charge on any atom is 0.250 e. The van der Waals surface area contributed by atoms with Crippen LogP contribution < -0.4 is 15.3 Å². The van der Waals surface area contributed by atoms with Crippen LogP contribution in [0, 0.1) is 11.8 Å². The van der Waals surface area contributed by atoms with E-state index in [4.69, 9.17) is 12.3 Å². The van der Waals surface area contributed by atoms with E-state index in [1.54, 1.807) is 6.20 Å². The van der Waals surface area contributed by atoms with Gasteiger partial charge in [-0.15, -0.1) is 10.2 Å². The highest BCUT2D eigenvalue weighted by Gasteiger charge is 2.29. The highest BCUT2D eigenvalue weighted by Crippen LogP contribution is 2.36. The van der Waals surface area contributed by atoms with Crippen LogP contribution in [0.2, 0.25) is 0 Å². The summed E-state index contributed by atoms with van der Waals surface area (Å²) in [6.45, 7) is 3.70. The Morgan fingerprint density at radius 2 is 1.76 bits per heavy atom. The van der Waals surface area contributed by atoms with Gasteiger partial charge in [0.2, 0.25) is 11.8 Å². The van der Waals surface area contributed by atoms with E-state index >= 15 is 0 Å². The van der Waals surface area contributed by atoms with Crippen molar-refractivity contribution < 1.29 is 9.52 Å². The third-order valence-corrected chi connectivity index (χ3v) is 7.82. The van der Waals surface area contributed by atoms with Gasteiger partial charge < -0.3 is 19.3 Å². The molecule has 4 aliphatic heterocycles. The minimum atomic E-state index is -0.262. The van der Waals surface area contributed by atoms with Crippen LogP contribution in [-0.4, -0.2) is 60.4 Å². The molecule has 2 unspecified atom stereocenters. The maximum atomic E-state index is 11.0. The molecule has 8 heteroatoms. The lowest BCUT2D eigenvalue weighted by Gasteiger charge is -2.37. The van der Waals surface area contributed by atoms with Gasteiger partial charge in [0.25, 0.3) is 0 Å². The van der Waals surface area contributed by atoms with Crippen LogP contribution in [0.5, 0.6) is 0 Å². The van der Waals surface area contributed by atoms with Crippen molar-refractivity contribution in [2.45, 2.75) is 44.6 Å². The molecule has 4 aliphatic rings. The monoisotopic (exact) mass is 455 g/mol. The van der Waals surface area contributed by atoms with Crippen LogP contribution >= 0.6 is 0 Å². The van der Waals surface area contributed by atoms with Crippen LogP contribution in [0.25, 0.3) is 22.9 Å². The number of nitrogens with zero attached hydrogens (tertiary/aromatic N) is 5. The molecule has 6 heterocycles. The average Bonchev–Trinajstić information content (AvgIpc) is 3.37. The molecule has 1 aromatic carbocycles. The number of hydrogen-bond donors (Lipinski definition) is 1. The van der Waals surface area contributed by atoms with Gasteiger partial charge in [-0.2, -0.15) is 0 Å². The van der Waals surface area contributed by atoms with Gasteiger partial charge in [-0.1, -0.05) is 11.5 Å². The Hall–Kier alpha value is -2.87. The number of aliphatic hydroxyl groups excluding tert-OH is 1. The van der Waals surface area contributed by atoms with Gasteiger partial charge >= 0.3 is 0 Å². The highest BCUT2D eigenvalue weighted by atomic mass is 16.4. The predicted molar refractivity (Wildman–Crippen MR) is 133 cm³/mol. The van der Waals surface area contributed by atoms with Crippen molar-refractivity contribution in [3.8, 4) is 22.9 Å². The Morgan fingerprint density at radius 3 is 2.65 bits per heavy atom. The van der Waals surface area contributed by atoms with Crippen molar-refractivity contribution in [1.29, 1.82) is 0 Å². The van der Waals surface area contributed by atoms with E-state index in [2.05, 4.69) is 25.0 Å². The van der Waals surface area contributed by atoms with Crippen LogP contribution in [0.4, 0.5) is 11.5 Å². The molecule has 2 aromatic heterocycles. The molecule has 2 radical (unpaired) electrons. The van der Waals surface area contributed by atoms with Gasteiger partial charge in [-0.3, -0.25) is 0 Å². The molecule has 34 heavy (non-hydrogen) atoms. The van der Waals surface area contributed by atoms with Gasteiger partial charge in [0.15, 0.2) is 0 Å². The first-order chi connectivity index (χ1) is 16.6. The molecule has 8 bridgehead atoms. The standard InChI is InChI=1S/C26H30BN5O2/c27-20-4-5-21-22(15-20)31-12-8-17(9-13-31)3-6-23(33)19-2-1-11-32(16-19)24-14-18(7-10-28-24)25-29-30-26(21)34-25/h4-5,7,10,14-15,17,19,23,33H,1-3,6,8-9,11-13,16H2. The Kier molecular flexibility index (Phi) is 5.77. The fourth-order valence-electron chi connectivity index (χ4n) is 5.80. The molecule has 2 atom stereocenters. The number of anilines is 2. The van der Waals surface area contributed by atoms with E-state index in [9.17, 15) is 5.11 Å². The topological polar surface area (TPSA) is 78.5 Å². The highest BCUT2D eigenvalue weighted by molar-refractivity contribution is 6.32. The molecule has 2 fully saturated rings. The number of rotatable bonds is 0. The van der Waals surface area contributed by atoms with Crippen molar-refractivity contribution in [3.63, 3.8) is 0 Å². The zero-order valence-corrected chi connectivity index (χ0v) is 19.4. The third kappa shape index (κ3) is 4.20. The van der Waals surface area contributed by atoms with E-state index in [1.165, 1.54) is 0 Å². The summed E-state index contributed by atoms with van der Waals surface area (Å²) in [5.74, 6) is 2.81.